The van der Waals surface area contributed by atoms with E-state index in [0.29, 0.717) is 10.6 Å². The van der Waals surface area contributed by atoms with Crippen LogP contribution in [0.2, 0.25) is 5.02 Å². The van der Waals surface area contributed by atoms with Crippen molar-refractivity contribution in [1.29, 1.82) is 0 Å². The minimum absolute atomic E-state index is 0.0906. The molecular weight excluding hydrogens is 456 g/mol. The maximum atomic E-state index is 12.3. The molecule has 1 aromatic carbocycles. The second-order valence-corrected chi connectivity index (χ2v) is 10.9. The molecule has 2 aromatic rings. The highest BCUT2D eigenvalue weighted by atomic mass is 35.5. The molecule has 0 saturated carbocycles. The minimum atomic E-state index is -0.113. The Hall–Kier alpha value is -2.06. The first kappa shape index (κ1) is 24.1. The summed E-state index contributed by atoms with van der Waals surface area (Å²) in [4.78, 5) is 23.7. The molecule has 4 rings (SSSR count). The topological polar surface area (TPSA) is 64.6 Å². The van der Waals surface area contributed by atoms with Crippen LogP contribution in [-0.4, -0.2) is 61.6 Å². The maximum Gasteiger partial charge on any atom is 0.252 e. The fourth-order valence-corrected chi connectivity index (χ4v) is 5.98. The molecule has 1 aromatic heterocycles. The van der Waals surface area contributed by atoms with Gasteiger partial charge in [0.1, 0.15) is 0 Å². The summed E-state index contributed by atoms with van der Waals surface area (Å²) in [6.07, 6.45) is 4.88. The first-order valence-corrected chi connectivity index (χ1v) is 13.1. The summed E-state index contributed by atoms with van der Waals surface area (Å²) in [5.74, 6) is 2.26. The Bertz CT molecular complexity index is 948. The SMILES string of the molecule is CC(C)NC(=O)c1ccc(N2CCC(C3CCN(c4nc(N(C)C)ns4)CC3)CC2)cc1Cl. The van der Waals surface area contributed by atoms with Gasteiger partial charge in [0.15, 0.2) is 0 Å². The summed E-state index contributed by atoms with van der Waals surface area (Å²) < 4.78 is 4.45. The summed E-state index contributed by atoms with van der Waals surface area (Å²) in [7, 11) is 3.96. The highest BCUT2D eigenvalue weighted by Gasteiger charge is 2.31. The van der Waals surface area contributed by atoms with Gasteiger partial charge in [-0.25, -0.2) is 0 Å². The Labute approximate surface area is 206 Å². The summed E-state index contributed by atoms with van der Waals surface area (Å²) in [5.41, 5.74) is 1.66. The largest absolute Gasteiger partial charge is 0.371 e. The highest BCUT2D eigenvalue weighted by Crippen LogP contribution is 2.36. The van der Waals surface area contributed by atoms with E-state index < -0.39 is 0 Å². The number of carbonyl (C=O) groups is 1. The van der Waals surface area contributed by atoms with E-state index in [-0.39, 0.29) is 11.9 Å². The van der Waals surface area contributed by atoms with Crippen molar-refractivity contribution < 1.29 is 4.79 Å². The zero-order valence-corrected chi connectivity index (χ0v) is 21.6. The van der Waals surface area contributed by atoms with E-state index in [9.17, 15) is 4.79 Å². The Kier molecular flexibility index (Phi) is 7.64. The molecule has 0 unspecified atom stereocenters. The summed E-state index contributed by atoms with van der Waals surface area (Å²) in [6, 6.07) is 5.92. The molecule has 2 fully saturated rings. The van der Waals surface area contributed by atoms with Gasteiger partial charge in [-0.15, -0.1) is 0 Å². The Morgan fingerprint density at radius 3 is 2.21 bits per heavy atom. The molecule has 0 bridgehead atoms. The van der Waals surface area contributed by atoms with Crippen molar-refractivity contribution in [2.45, 2.75) is 45.6 Å². The number of nitrogens with zero attached hydrogens (tertiary/aromatic N) is 5. The number of hydrogen-bond acceptors (Lipinski definition) is 7. The highest BCUT2D eigenvalue weighted by molar-refractivity contribution is 7.09. The van der Waals surface area contributed by atoms with Crippen molar-refractivity contribution in [3.63, 3.8) is 0 Å². The lowest BCUT2D eigenvalue weighted by molar-refractivity contribution is 0.0943. The van der Waals surface area contributed by atoms with E-state index in [0.717, 1.165) is 54.8 Å². The van der Waals surface area contributed by atoms with Gasteiger partial charge in [0.2, 0.25) is 11.1 Å². The van der Waals surface area contributed by atoms with Crippen molar-refractivity contribution in [3.05, 3.63) is 28.8 Å². The second kappa shape index (κ2) is 10.5. The molecular formula is C24H35ClN6OS. The van der Waals surface area contributed by atoms with E-state index >= 15 is 0 Å². The van der Waals surface area contributed by atoms with E-state index in [1.807, 2.05) is 51.0 Å². The van der Waals surface area contributed by atoms with Crippen LogP contribution in [-0.2, 0) is 0 Å². The zero-order valence-electron chi connectivity index (χ0n) is 20.1. The standard InChI is InChI=1S/C24H35ClN6OS/c1-16(2)26-22(32)20-6-5-19(15-21(20)25)30-11-7-17(8-12-30)18-9-13-31(14-10-18)24-27-23(28-33-24)29(3)4/h5-6,15-18H,7-14H2,1-4H3,(H,26,32). The molecule has 1 amide bonds. The molecule has 2 saturated heterocycles. The van der Waals surface area contributed by atoms with Gasteiger partial charge < -0.3 is 20.0 Å². The number of halogens is 1. The van der Waals surface area contributed by atoms with Crippen LogP contribution < -0.4 is 20.0 Å². The van der Waals surface area contributed by atoms with Crippen LogP contribution >= 0.6 is 23.1 Å². The lowest BCUT2D eigenvalue weighted by Crippen LogP contribution is -2.41. The number of anilines is 3. The predicted octanol–water partition coefficient (Wildman–Crippen LogP) is 4.53. The molecule has 1 N–H and O–H groups in total. The average Bonchev–Trinajstić information content (AvgIpc) is 3.29. The van der Waals surface area contributed by atoms with E-state index in [1.54, 1.807) is 0 Å². The molecule has 0 spiro atoms. The summed E-state index contributed by atoms with van der Waals surface area (Å²) in [6.45, 7) is 8.13. The Morgan fingerprint density at radius 1 is 1.09 bits per heavy atom. The summed E-state index contributed by atoms with van der Waals surface area (Å²) in [5, 5.41) is 4.48. The number of amides is 1. The number of aromatic nitrogens is 2. The van der Waals surface area contributed by atoms with Crippen molar-refractivity contribution >= 4 is 45.8 Å². The molecule has 3 heterocycles. The van der Waals surface area contributed by atoms with Gasteiger partial charge in [-0.3, -0.25) is 4.79 Å². The molecule has 0 radical (unpaired) electrons. The van der Waals surface area contributed by atoms with E-state index in [1.165, 1.54) is 37.2 Å². The fraction of sp³-hybridized carbons (Fsp3) is 0.625. The maximum absolute atomic E-state index is 12.3. The third-order valence-corrected chi connectivity index (χ3v) is 7.88. The average molecular weight is 491 g/mol. The van der Waals surface area contributed by atoms with Gasteiger partial charge in [0.25, 0.3) is 5.91 Å². The van der Waals surface area contributed by atoms with Crippen molar-refractivity contribution in [3.8, 4) is 0 Å². The normalized spacial score (nSPS) is 18.1. The van der Waals surface area contributed by atoms with Gasteiger partial charge in [-0.05, 0) is 69.6 Å². The molecule has 7 nitrogen and oxygen atoms in total. The number of rotatable bonds is 6. The Morgan fingerprint density at radius 2 is 1.70 bits per heavy atom. The number of piperidine rings is 2. The van der Waals surface area contributed by atoms with Gasteiger partial charge in [-0.1, -0.05) is 11.6 Å². The Balaban J connectivity index is 1.28. The van der Waals surface area contributed by atoms with Crippen molar-refractivity contribution in [2.24, 2.45) is 11.8 Å². The number of hydrogen-bond donors (Lipinski definition) is 1. The van der Waals surface area contributed by atoms with Crippen molar-refractivity contribution in [1.82, 2.24) is 14.7 Å². The van der Waals surface area contributed by atoms with Gasteiger partial charge in [-0.2, -0.15) is 9.36 Å². The first-order valence-electron chi connectivity index (χ1n) is 11.9. The molecule has 9 heteroatoms. The number of benzene rings is 1. The lowest BCUT2D eigenvalue weighted by Gasteiger charge is -2.40. The van der Waals surface area contributed by atoms with Crippen LogP contribution in [0.4, 0.5) is 16.8 Å². The van der Waals surface area contributed by atoms with Gasteiger partial charge in [0, 0.05) is 63.5 Å². The third-order valence-electron chi connectivity index (χ3n) is 6.80. The zero-order chi connectivity index (χ0) is 23.5. The summed E-state index contributed by atoms with van der Waals surface area (Å²) >= 11 is 7.96. The van der Waals surface area contributed by atoms with Crippen LogP contribution in [0.3, 0.4) is 0 Å². The van der Waals surface area contributed by atoms with Crippen LogP contribution in [0.15, 0.2) is 18.2 Å². The fourth-order valence-electron chi connectivity index (χ4n) is 4.93. The first-order chi connectivity index (χ1) is 15.8. The molecule has 0 atom stereocenters. The molecule has 2 aliphatic heterocycles. The van der Waals surface area contributed by atoms with Crippen molar-refractivity contribution in [2.75, 3.05) is 55.0 Å². The minimum Gasteiger partial charge on any atom is -0.371 e. The predicted molar refractivity (Wildman–Crippen MR) is 138 cm³/mol. The quantitative estimate of drug-likeness (QED) is 0.641. The van der Waals surface area contributed by atoms with Crippen LogP contribution in [0, 0.1) is 11.8 Å². The molecule has 180 valence electrons. The monoisotopic (exact) mass is 490 g/mol. The number of carbonyl (C=O) groups excluding carboxylic acids is 1. The van der Waals surface area contributed by atoms with Crippen LogP contribution in [0.5, 0.6) is 0 Å². The van der Waals surface area contributed by atoms with Gasteiger partial charge in [0.05, 0.1) is 10.6 Å². The smallest absolute Gasteiger partial charge is 0.252 e. The van der Waals surface area contributed by atoms with Crippen LogP contribution in [0.1, 0.15) is 49.9 Å². The lowest BCUT2D eigenvalue weighted by atomic mass is 9.79. The number of nitrogens with one attached hydrogen (secondary N) is 1. The van der Waals surface area contributed by atoms with E-state index in [4.69, 9.17) is 11.6 Å². The molecule has 0 aliphatic carbocycles. The third kappa shape index (κ3) is 5.72. The van der Waals surface area contributed by atoms with Crippen LogP contribution in [0.25, 0.3) is 0 Å². The van der Waals surface area contributed by atoms with E-state index in [2.05, 4.69) is 24.5 Å². The second-order valence-electron chi connectivity index (χ2n) is 9.71. The molecule has 2 aliphatic rings. The van der Waals surface area contributed by atoms with Gasteiger partial charge >= 0.3 is 0 Å². The molecule has 33 heavy (non-hydrogen) atoms.